The predicted octanol–water partition coefficient (Wildman–Crippen LogP) is 3.06. The maximum absolute atomic E-state index is 10.7. The Morgan fingerprint density at radius 3 is 2.52 bits per heavy atom. The minimum atomic E-state index is -0.998. The smallest absolute Gasteiger partial charge is 0.179 e. The molecule has 2 aliphatic heterocycles. The second-order valence-corrected chi connectivity index (χ2v) is 8.67. The van der Waals surface area contributed by atoms with Gasteiger partial charge in [0, 0.05) is 24.4 Å². The first-order valence-corrected chi connectivity index (χ1v) is 10.3. The lowest BCUT2D eigenvalue weighted by atomic mass is 9.73. The predicted molar refractivity (Wildman–Crippen MR) is 110 cm³/mol. The molecule has 3 rings (SSSR count). The molecular formula is C23H34O6. The molecule has 1 aromatic rings. The van der Waals surface area contributed by atoms with E-state index in [9.17, 15) is 10.2 Å². The SMILES string of the molecule is C=C[C@@H]1O[C@]2(C[C@H](O)[C@@H](C)[C@@H](CCO)O2)C(C)(C)[C@@H]1OCc1ccc(OC)cc1. The highest BCUT2D eigenvalue weighted by molar-refractivity contribution is 5.26. The van der Waals surface area contributed by atoms with Crippen molar-refractivity contribution in [2.75, 3.05) is 13.7 Å². The lowest BCUT2D eigenvalue weighted by molar-refractivity contribution is -0.330. The Morgan fingerprint density at radius 2 is 1.93 bits per heavy atom. The van der Waals surface area contributed by atoms with Gasteiger partial charge in [0.1, 0.15) is 11.9 Å². The first-order chi connectivity index (χ1) is 13.8. The van der Waals surface area contributed by atoms with Gasteiger partial charge in [-0.1, -0.05) is 39.0 Å². The number of benzene rings is 1. The van der Waals surface area contributed by atoms with Gasteiger partial charge in [0.15, 0.2) is 5.79 Å². The van der Waals surface area contributed by atoms with Gasteiger partial charge in [0.05, 0.1) is 32.0 Å². The Kier molecular flexibility index (Phi) is 6.70. The highest BCUT2D eigenvalue weighted by Crippen LogP contribution is 2.55. The maximum Gasteiger partial charge on any atom is 0.179 e. The fourth-order valence-electron chi connectivity index (χ4n) is 4.49. The fourth-order valence-corrected chi connectivity index (χ4v) is 4.49. The summed E-state index contributed by atoms with van der Waals surface area (Å²) in [5.41, 5.74) is 0.495. The van der Waals surface area contributed by atoms with Crippen LogP contribution in [0.25, 0.3) is 0 Å². The molecule has 0 aliphatic carbocycles. The molecule has 2 heterocycles. The normalized spacial score (nSPS) is 36.3. The molecule has 1 aromatic carbocycles. The van der Waals surface area contributed by atoms with Crippen molar-refractivity contribution in [3.05, 3.63) is 42.5 Å². The van der Waals surface area contributed by atoms with E-state index in [4.69, 9.17) is 18.9 Å². The van der Waals surface area contributed by atoms with Crippen molar-refractivity contribution >= 4 is 0 Å². The summed E-state index contributed by atoms with van der Waals surface area (Å²) in [7, 11) is 1.64. The quantitative estimate of drug-likeness (QED) is 0.678. The van der Waals surface area contributed by atoms with Gasteiger partial charge in [-0.25, -0.2) is 0 Å². The zero-order chi connectivity index (χ0) is 21.2. The number of aliphatic hydroxyl groups is 2. The number of hydrogen-bond donors (Lipinski definition) is 2. The minimum Gasteiger partial charge on any atom is -0.497 e. The number of methoxy groups -OCH3 is 1. The van der Waals surface area contributed by atoms with Crippen LogP contribution in [0, 0.1) is 11.3 Å². The number of ether oxygens (including phenoxy) is 4. The van der Waals surface area contributed by atoms with Crippen LogP contribution in [0.2, 0.25) is 0 Å². The Morgan fingerprint density at radius 1 is 1.24 bits per heavy atom. The van der Waals surface area contributed by atoms with Crippen LogP contribution < -0.4 is 4.74 Å². The minimum absolute atomic E-state index is 0.000516. The molecule has 0 radical (unpaired) electrons. The summed E-state index contributed by atoms with van der Waals surface area (Å²) in [6, 6.07) is 7.76. The summed E-state index contributed by atoms with van der Waals surface area (Å²) in [5.74, 6) is -0.272. The van der Waals surface area contributed by atoms with E-state index in [2.05, 4.69) is 6.58 Å². The Labute approximate surface area is 173 Å². The summed E-state index contributed by atoms with van der Waals surface area (Å²) < 4.78 is 24.3. The van der Waals surface area contributed by atoms with E-state index in [0.29, 0.717) is 19.4 Å². The fraction of sp³-hybridized carbons (Fsp3) is 0.652. The van der Waals surface area contributed by atoms with Crippen LogP contribution >= 0.6 is 0 Å². The second kappa shape index (κ2) is 8.74. The van der Waals surface area contributed by atoms with Crippen molar-refractivity contribution in [1.29, 1.82) is 0 Å². The summed E-state index contributed by atoms with van der Waals surface area (Å²) >= 11 is 0. The van der Waals surface area contributed by atoms with Crippen LogP contribution in [-0.2, 0) is 20.8 Å². The van der Waals surface area contributed by atoms with E-state index in [1.165, 1.54) is 0 Å². The van der Waals surface area contributed by atoms with Gasteiger partial charge in [-0.2, -0.15) is 0 Å². The molecule has 0 saturated carbocycles. The molecule has 2 saturated heterocycles. The third kappa shape index (κ3) is 4.09. The van der Waals surface area contributed by atoms with E-state index in [1.54, 1.807) is 13.2 Å². The molecule has 2 fully saturated rings. The largest absolute Gasteiger partial charge is 0.497 e. The van der Waals surface area contributed by atoms with Gasteiger partial charge < -0.3 is 29.2 Å². The molecular weight excluding hydrogens is 372 g/mol. The molecule has 0 unspecified atom stereocenters. The third-order valence-electron chi connectivity index (χ3n) is 6.57. The molecule has 2 aliphatic rings. The van der Waals surface area contributed by atoms with E-state index in [-0.39, 0.29) is 30.8 Å². The van der Waals surface area contributed by atoms with Crippen LogP contribution in [0.4, 0.5) is 0 Å². The monoisotopic (exact) mass is 406 g/mol. The van der Waals surface area contributed by atoms with Crippen LogP contribution in [0.5, 0.6) is 5.75 Å². The summed E-state index contributed by atoms with van der Waals surface area (Å²) in [5, 5.41) is 20.1. The van der Waals surface area contributed by atoms with Crippen molar-refractivity contribution in [3.63, 3.8) is 0 Å². The van der Waals surface area contributed by atoms with Crippen molar-refractivity contribution < 1.29 is 29.2 Å². The van der Waals surface area contributed by atoms with Crippen LogP contribution in [-0.4, -0.2) is 54.1 Å². The molecule has 6 nitrogen and oxygen atoms in total. The first kappa shape index (κ1) is 22.2. The van der Waals surface area contributed by atoms with Gasteiger partial charge in [-0.15, -0.1) is 6.58 Å². The lowest BCUT2D eigenvalue weighted by Gasteiger charge is -2.50. The van der Waals surface area contributed by atoms with Gasteiger partial charge in [-0.05, 0) is 24.1 Å². The van der Waals surface area contributed by atoms with E-state index in [0.717, 1.165) is 11.3 Å². The van der Waals surface area contributed by atoms with Crippen LogP contribution in [0.1, 0.15) is 39.2 Å². The zero-order valence-electron chi connectivity index (χ0n) is 17.8. The molecule has 0 bridgehead atoms. The molecule has 2 N–H and O–H groups in total. The second-order valence-electron chi connectivity index (χ2n) is 8.67. The average molecular weight is 407 g/mol. The number of hydrogen-bond acceptors (Lipinski definition) is 6. The molecule has 1 spiro atoms. The lowest BCUT2D eigenvalue weighted by Crippen LogP contribution is -2.58. The molecule has 162 valence electrons. The highest BCUT2D eigenvalue weighted by Gasteiger charge is 2.64. The van der Waals surface area contributed by atoms with Crippen LogP contribution in [0.3, 0.4) is 0 Å². The Hall–Kier alpha value is -1.44. The average Bonchev–Trinajstić information content (AvgIpc) is 2.90. The molecule has 6 atom stereocenters. The summed E-state index contributed by atoms with van der Waals surface area (Å²) in [6.07, 6.45) is 1.03. The number of rotatable bonds is 7. The van der Waals surface area contributed by atoms with Crippen molar-refractivity contribution in [2.45, 2.75) is 70.4 Å². The standard InChI is InChI=1S/C23H34O6/c1-6-19-21(27-14-16-7-9-17(26-5)10-8-16)22(3,4)23(28-19)13-18(25)15(2)20(29-23)11-12-24/h6-10,15,18-21,24-25H,1,11-14H2,2-5H3/t15-,18+,19+,20-,21-,23+/m1/s1. The molecule has 29 heavy (non-hydrogen) atoms. The van der Waals surface area contributed by atoms with E-state index >= 15 is 0 Å². The summed E-state index contributed by atoms with van der Waals surface area (Å²) in [4.78, 5) is 0. The molecule has 0 aromatic heterocycles. The first-order valence-electron chi connectivity index (χ1n) is 10.3. The summed E-state index contributed by atoms with van der Waals surface area (Å²) in [6.45, 7) is 10.4. The molecule has 6 heteroatoms. The van der Waals surface area contributed by atoms with Crippen molar-refractivity contribution in [2.24, 2.45) is 11.3 Å². The maximum atomic E-state index is 10.7. The number of aliphatic hydroxyl groups excluding tert-OH is 2. The van der Waals surface area contributed by atoms with E-state index < -0.39 is 17.3 Å². The van der Waals surface area contributed by atoms with Gasteiger partial charge in [0.25, 0.3) is 0 Å². The molecule has 0 amide bonds. The van der Waals surface area contributed by atoms with Gasteiger partial charge in [0.2, 0.25) is 0 Å². The zero-order valence-corrected chi connectivity index (χ0v) is 17.8. The van der Waals surface area contributed by atoms with Gasteiger partial charge in [-0.3, -0.25) is 0 Å². The van der Waals surface area contributed by atoms with Crippen LogP contribution in [0.15, 0.2) is 36.9 Å². The van der Waals surface area contributed by atoms with Crippen molar-refractivity contribution in [1.82, 2.24) is 0 Å². The van der Waals surface area contributed by atoms with E-state index in [1.807, 2.05) is 45.0 Å². The highest BCUT2D eigenvalue weighted by atomic mass is 16.7. The van der Waals surface area contributed by atoms with Crippen molar-refractivity contribution in [3.8, 4) is 5.75 Å². The topological polar surface area (TPSA) is 77.4 Å². The third-order valence-corrected chi connectivity index (χ3v) is 6.57. The Balaban J connectivity index is 1.80. The Bertz CT molecular complexity index is 687. The van der Waals surface area contributed by atoms with Gasteiger partial charge >= 0.3 is 0 Å².